The van der Waals surface area contributed by atoms with Gasteiger partial charge in [0.25, 0.3) is 5.91 Å². The van der Waals surface area contributed by atoms with Crippen LogP contribution < -0.4 is 5.73 Å². The van der Waals surface area contributed by atoms with Crippen molar-refractivity contribution in [1.82, 2.24) is 19.5 Å². The summed E-state index contributed by atoms with van der Waals surface area (Å²) < 4.78 is 1.74. The Bertz CT molecular complexity index is 690. The van der Waals surface area contributed by atoms with Crippen LogP contribution in [0.2, 0.25) is 0 Å². The number of fused-ring (bicyclic) bond motifs is 1. The van der Waals surface area contributed by atoms with E-state index < -0.39 is 0 Å². The Kier molecular flexibility index (Phi) is 2.97. The zero-order valence-electron chi connectivity index (χ0n) is 12.1. The minimum atomic E-state index is -0.0112. The van der Waals surface area contributed by atoms with Crippen LogP contribution in [0.3, 0.4) is 0 Å². The molecule has 1 fully saturated rings. The fourth-order valence-electron chi connectivity index (χ4n) is 2.81. The van der Waals surface area contributed by atoms with Crippen LogP contribution in [0, 0.1) is 20.8 Å². The molecule has 20 heavy (non-hydrogen) atoms. The van der Waals surface area contributed by atoms with Gasteiger partial charge in [0.15, 0.2) is 5.65 Å². The van der Waals surface area contributed by atoms with Crippen molar-refractivity contribution >= 4 is 11.6 Å². The van der Waals surface area contributed by atoms with E-state index in [1.807, 2.05) is 26.8 Å². The van der Waals surface area contributed by atoms with Crippen LogP contribution in [-0.4, -0.2) is 44.5 Å². The molecule has 2 aromatic rings. The molecule has 0 unspecified atom stereocenters. The monoisotopic (exact) mass is 273 g/mol. The molecule has 0 spiro atoms. The molecule has 2 aromatic heterocycles. The third-order valence-electron chi connectivity index (χ3n) is 3.80. The first-order chi connectivity index (χ1) is 9.47. The summed E-state index contributed by atoms with van der Waals surface area (Å²) in [7, 11) is 0. The van der Waals surface area contributed by atoms with E-state index in [0.29, 0.717) is 24.3 Å². The molecular weight excluding hydrogens is 254 g/mol. The fourth-order valence-corrected chi connectivity index (χ4v) is 2.81. The number of aromatic nitrogens is 3. The van der Waals surface area contributed by atoms with Crippen LogP contribution in [0.25, 0.3) is 5.65 Å². The molecular formula is C14H19N5O. The average molecular weight is 273 g/mol. The van der Waals surface area contributed by atoms with E-state index in [4.69, 9.17) is 5.73 Å². The molecule has 1 saturated heterocycles. The second kappa shape index (κ2) is 4.56. The van der Waals surface area contributed by atoms with Crippen molar-refractivity contribution in [3.05, 3.63) is 28.7 Å². The summed E-state index contributed by atoms with van der Waals surface area (Å²) in [4.78, 5) is 19.0. The maximum Gasteiger partial charge on any atom is 0.259 e. The molecule has 1 amide bonds. The molecule has 106 valence electrons. The molecule has 1 aliphatic rings. The van der Waals surface area contributed by atoms with E-state index in [1.165, 1.54) is 0 Å². The highest BCUT2D eigenvalue weighted by atomic mass is 16.2. The van der Waals surface area contributed by atoms with Crippen LogP contribution in [0.4, 0.5) is 0 Å². The molecule has 2 N–H and O–H groups in total. The first-order valence-corrected chi connectivity index (χ1v) is 6.86. The second-order valence-electron chi connectivity index (χ2n) is 5.53. The summed E-state index contributed by atoms with van der Waals surface area (Å²) >= 11 is 0. The normalized spacial score (nSPS) is 19.0. The fraction of sp³-hybridized carbons (Fsp3) is 0.500. The molecule has 6 heteroatoms. The Morgan fingerprint density at radius 2 is 2.15 bits per heavy atom. The lowest BCUT2D eigenvalue weighted by molar-refractivity contribution is 0.0792. The van der Waals surface area contributed by atoms with Gasteiger partial charge >= 0.3 is 0 Å². The minimum absolute atomic E-state index is 0.0112. The average Bonchev–Trinajstić information content (AvgIpc) is 2.92. The van der Waals surface area contributed by atoms with E-state index in [0.717, 1.165) is 23.5 Å². The van der Waals surface area contributed by atoms with E-state index in [-0.39, 0.29) is 11.9 Å². The predicted molar refractivity (Wildman–Crippen MR) is 75.7 cm³/mol. The first kappa shape index (κ1) is 13.1. The van der Waals surface area contributed by atoms with Gasteiger partial charge in [-0.3, -0.25) is 4.79 Å². The Balaban J connectivity index is 2.11. The van der Waals surface area contributed by atoms with Crippen molar-refractivity contribution in [2.24, 2.45) is 5.73 Å². The number of rotatable bonds is 1. The summed E-state index contributed by atoms with van der Waals surface area (Å²) in [6, 6.07) is 2.04. The van der Waals surface area contributed by atoms with Gasteiger partial charge in [0.2, 0.25) is 0 Å². The predicted octanol–water partition coefficient (Wildman–Crippen LogP) is 0.828. The number of nitrogens with two attached hydrogens (primary N) is 1. The molecule has 0 saturated carbocycles. The summed E-state index contributed by atoms with van der Waals surface area (Å²) in [5.74, 6) is -0.0112. The lowest BCUT2D eigenvalue weighted by Gasteiger charge is -2.15. The molecule has 0 bridgehead atoms. The van der Waals surface area contributed by atoms with Crippen LogP contribution in [0.1, 0.15) is 33.9 Å². The number of carbonyl (C=O) groups is 1. The van der Waals surface area contributed by atoms with E-state index >= 15 is 0 Å². The van der Waals surface area contributed by atoms with Crippen LogP contribution in [0.5, 0.6) is 0 Å². The van der Waals surface area contributed by atoms with Crippen molar-refractivity contribution in [3.8, 4) is 0 Å². The van der Waals surface area contributed by atoms with Gasteiger partial charge < -0.3 is 10.6 Å². The van der Waals surface area contributed by atoms with E-state index in [2.05, 4.69) is 10.1 Å². The number of likely N-dealkylation sites (tertiary alicyclic amines) is 1. The number of carbonyl (C=O) groups excluding carboxylic acids is 1. The topological polar surface area (TPSA) is 76.5 Å². The van der Waals surface area contributed by atoms with Gasteiger partial charge in [0.1, 0.15) is 5.56 Å². The summed E-state index contributed by atoms with van der Waals surface area (Å²) in [5.41, 5.74) is 9.72. The highest BCUT2D eigenvalue weighted by Crippen LogP contribution is 2.20. The van der Waals surface area contributed by atoms with Crippen molar-refractivity contribution in [3.63, 3.8) is 0 Å². The Hall–Kier alpha value is -1.95. The molecule has 3 rings (SSSR count). The highest BCUT2D eigenvalue weighted by Gasteiger charge is 2.29. The lowest BCUT2D eigenvalue weighted by Crippen LogP contribution is -2.32. The van der Waals surface area contributed by atoms with Crippen molar-refractivity contribution in [2.75, 3.05) is 13.1 Å². The number of aryl methyl sites for hydroxylation is 3. The van der Waals surface area contributed by atoms with Crippen LogP contribution >= 0.6 is 0 Å². The Labute approximate surface area is 117 Å². The molecule has 6 nitrogen and oxygen atoms in total. The minimum Gasteiger partial charge on any atom is -0.337 e. The van der Waals surface area contributed by atoms with Crippen molar-refractivity contribution in [1.29, 1.82) is 0 Å². The van der Waals surface area contributed by atoms with Crippen LogP contribution in [-0.2, 0) is 0 Å². The zero-order valence-corrected chi connectivity index (χ0v) is 12.1. The van der Waals surface area contributed by atoms with E-state index in [9.17, 15) is 4.79 Å². The molecule has 3 heterocycles. The summed E-state index contributed by atoms with van der Waals surface area (Å²) in [6.07, 6.45) is 0.857. The SMILES string of the molecule is Cc1cc(C)n2nc(C)c(C(=O)N3CC[C@@H](N)C3)c2n1. The van der Waals surface area contributed by atoms with Gasteiger partial charge in [-0.05, 0) is 33.3 Å². The van der Waals surface area contributed by atoms with Gasteiger partial charge in [-0.25, -0.2) is 9.50 Å². The summed E-state index contributed by atoms with van der Waals surface area (Å²) in [5, 5.41) is 4.44. The molecule has 0 aliphatic carbocycles. The smallest absolute Gasteiger partial charge is 0.259 e. The molecule has 0 aromatic carbocycles. The van der Waals surface area contributed by atoms with Gasteiger partial charge in [-0.2, -0.15) is 5.10 Å². The molecule has 1 atom stereocenters. The highest BCUT2D eigenvalue weighted by molar-refractivity contribution is 6.01. The Morgan fingerprint density at radius 1 is 1.40 bits per heavy atom. The largest absolute Gasteiger partial charge is 0.337 e. The number of hydrogen-bond donors (Lipinski definition) is 1. The van der Waals surface area contributed by atoms with Gasteiger partial charge in [0.05, 0.1) is 5.69 Å². The van der Waals surface area contributed by atoms with E-state index in [1.54, 1.807) is 9.42 Å². The first-order valence-electron chi connectivity index (χ1n) is 6.86. The standard InChI is InChI=1S/C14H19N5O/c1-8-6-9(2)19-13(16-8)12(10(3)17-19)14(20)18-5-4-11(15)7-18/h6,11H,4-5,7,15H2,1-3H3/t11-/m1/s1. The van der Waals surface area contributed by atoms with Crippen LogP contribution in [0.15, 0.2) is 6.07 Å². The quantitative estimate of drug-likeness (QED) is 0.835. The van der Waals surface area contributed by atoms with Gasteiger partial charge in [0, 0.05) is 30.5 Å². The lowest BCUT2D eigenvalue weighted by atomic mass is 10.2. The van der Waals surface area contributed by atoms with Crippen molar-refractivity contribution in [2.45, 2.75) is 33.2 Å². The number of amides is 1. The summed E-state index contributed by atoms with van der Waals surface area (Å²) in [6.45, 7) is 7.07. The molecule has 0 radical (unpaired) electrons. The molecule has 1 aliphatic heterocycles. The maximum atomic E-state index is 12.7. The van der Waals surface area contributed by atoms with Crippen molar-refractivity contribution < 1.29 is 4.79 Å². The maximum absolute atomic E-state index is 12.7. The second-order valence-corrected chi connectivity index (χ2v) is 5.53. The Morgan fingerprint density at radius 3 is 2.80 bits per heavy atom. The zero-order chi connectivity index (χ0) is 14.4. The third kappa shape index (κ3) is 1.96. The third-order valence-corrected chi connectivity index (χ3v) is 3.80. The number of nitrogens with zero attached hydrogens (tertiary/aromatic N) is 4. The van der Waals surface area contributed by atoms with Gasteiger partial charge in [-0.1, -0.05) is 0 Å². The van der Waals surface area contributed by atoms with Gasteiger partial charge in [-0.15, -0.1) is 0 Å². The number of hydrogen-bond acceptors (Lipinski definition) is 4.